The SMILES string of the molecule is CC.CC(C)C.CC(Oc1cc(B2OC(C)(C)C(C)(C)O2)cnc1N)c1ccccc1. The molecule has 0 amide bonds. The van der Waals surface area contributed by atoms with Crippen molar-refractivity contribution in [1.82, 2.24) is 4.98 Å². The number of hydrogen-bond acceptors (Lipinski definition) is 5. The molecule has 0 spiro atoms. The van der Waals surface area contributed by atoms with Crippen molar-refractivity contribution in [3.8, 4) is 5.75 Å². The molecule has 1 unspecified atom stereocenters. The quantitative estimate of drug-likeness (QED) is 0.624. The highest BCUT2D eigenvalue weighted by molar-refractivity contribution is 6.62. The summed E-state index contributed by atoms with van der Waals surface area (Å²) >= 11 is 0. The molecule has 172 valence electrons. The molecule has 0 saturated carbocycles. The molecule has 0 aliphatic carbocycles. The summed E-state index contributed by atoms with van der Waals surface area (Å²) in [6, 6.07) is 11.8. The predicted octanol–water partition coefficient (Wildman–Crippen LogP) is 5.79. The Morgan fingerprint density at radius 1 is 0.935 bits per heavy atom. The van der Waals surface area contributed by atoms with E-state index in [1.807, 2.05) is 84.9 Å². The molecular weight excluding hydrogens is 387 g/mol. The summed E-state index contributed by atoms with van der Waals surface area (Å²) in [5.41, 5.74) is 7.06. The average Bonchev–Trinajstić information content (AvgIpc) is 2.92. The minimum Gasteiger partial charge on any atom is -0.482 e. The number of pyridine rings is 1. The van der Waals surface area contributed by atoms with Gasteiger partial charge in [0.2, 0.25) is 0 Å². The van der Waals surface area contributed by atoms with Gasteiger partial charge in [0.15, 0.2) is 11.6 Å². The number of anilines is 1. The molecule has 3 rings (SSSR count). The van der Waals surface area contributed by atoms with Crippen LogP contribution in [0.2, 0.25) is 0 Å². The normalized spacial score (nSPS) is 17.2. The lowest BCUT2D eigenvalue weighted by Gasteiger charge is -2.32. The van der Waals surface area contributed by atoms with Crippen LogP contribution >= 0.6 is 0 Å². The smallest absolute Gasteiger partial charge is 0.482 e. The Morgan fingerprint density at radius 3 is 1.90 bits per heavy atom. The number of benzene rings is 1. The molecule has 6 heteroatoms. The lowest BCUT2D eigenvalue weighted by atomic mass is 9.80. The largest absolute Gasteiger partial charge is 0.496 e. The van der Waals surface area contributed by atoms with Crippen LogP contribution in [0.15, 0.2) is 42.6 Å². The van der Waals surface area contributed by atoms with Gasteiger partial charge in [-0.25, -0.2) is 4.98 Å². The minimum absolute atomic E-state index is 0.140. The van der Waals surface area contributed by atoms with E-state index in [0.717, 1.165) is 16.9 Å². The van der Waals surface area contributed by atoms with Gasteiger partial charge in [-0.15, -0.1) is 0 Å². The van der Waals surface area contributed by atoms with Crippen LogP contribution < -0.4 is 15.9 Å². The van der Waals surface area contributed by atoms with Crippen LogP contribution in [0.3, 0.4) is 0 Å². The molecule has 2 N–H and O–H groups in total. The molecule has 31 heavy (non-hydrogen) atoms. The van der Waals surface area contributed by atoms with Gasteiger partial charge >= 0.3 is 7.12 Å². The van der Waals surface area contributed by atoms with Crippen molar-refractivity contribution in [3.63, 3.8) is 0 Å². The number of ether oxygens (including phenoxy) is 1. The van der Waals surface area contributed by atoms with Gasteiger partial charge in [0.1, 0.15) is 6.10 Å². The Labute approximate surface area is 189 Å². The zero-order chi connectivity index (χ0) is 23.8. The molecule has 1 aliphatic rings. The summed E-state index contributed by atoms with van der Waals surface area (Å²) in [6.07, 6.45) is 1.54. The van der Waals surface area contributed by atoms with E-state index in [1.165, 1.54) is 0 Å². The molecule has 1 atom stereocenters. The molecular formula is C25H41BN2O3. The summed E-state index contributed by atoms with van der Waals surface area (Å²) in [6.45, 7) is 20.6. The summed E-state index contributed by atoms with van der Waals surface area (Å²) in [5.74, 6) is 1.71. The van der Waals surface area contributed by atoms with Crippen molar-refractivity contribution in [2.75, 3.05) is 5.73 Å². The van der Waals surface area contributed by atoms with Crippen molar-refractivity contribution < 1.29 is 14.0 Å². The number of hydrogen-bond donors (Lipinski definition) is 1. The number of nitrogens with two attached hydrogens (primary N) is 1. The molecule has 2 heterocycles. The van der Waals surface area contributed by atoms with E-state index in [1.54, 1.807) is 6.20 Å². The van der Waals surface area contributed by atoms with Crippen LogP contribution in [0.5, 0.6) is 5.75 Å². The Hall–Kier alpha value is -2.05. The molecule has 0 radical (unpaired) electrons. The van der Waals surface area contributed by atoms with Gasteiger partial charge in [0, 0.05) is 11.7 Å². The Bertz CT molecular complexity index is 776. The maximum atomic E-state index is 6.08. The maximum absolute atomic E-state index is 6.08. The summed E-state index contributed by atoms with van der Waals surface area (Å²) in [7, 11) is -0.493. The lowest BCUT2D eigenvalue weighted by Crippen LogP contribution is -2.41. The average molecular weight is 428 g/mol. The first kappa shape index (κ1) is 27.0. The second-order valence-electron chi connectivity index (χ2n) is 9.14. The second kappa shape index (κ2) is 11.5. The molecule has 2 aromatic rings. The molecule has 1 fully saturated rings. The van der Waals surface area contributed by atoms with Gasteiger partial charge in [-0.05, 0) is 52.2 Å². The lowest BCUT2D eigenvalue weighted by molar-refractivity contribution is 0.00578. The van der Waals surface area contributed by atoms with Crippen molar-refractivity contribution in [2.24, 2.45) is 5.92 Å². The van der Waals surface area contributed by atoms with Crippen LogP contribution in [-0.2, 0) is 9.31 Å². The number of nitrogens with zero attached hydrogens (tertiary/aromatic N) is 1. The monoisotopic (exact) mass is 428 g/mol. The van der Waals surface area contributed by atoms with Gasteiger partial charge in [0.05, 0.1) is 11.2 Å². The second-order valence-corrected chi connectivity index (χ2v) is 9.14. The predicted molar refractivity (Wildman–Crippen MR) is 132 cm³/mol. The number of nitrogen functional groups attached to an aromatic ring is 1. The topological polar surface area (TPSA) is 66.6 Å². The maximum Gasteiger partial charge on any atom is 0.496 e. The van der Waals surface area contributed by atoms with Crippen LogP contribution in [0.25, 0.3) is 0 Å². The van der Waals surface area contributed by atoms with Crippen molar-refractivity contribution >= 4 is 18.4 Å². The minimum atomic E-state index is -0.493. The van der Waals surface area contributed by atoms with Crippen LogP contribution in [0.1, 0.15) is 80.9 Å². The molecule has 5 nitrogen and oxygen atoms in total. The fraction of sp³-hybridized carbons (Fsp3) is 0.560. The molecule has 1 aliphatic heterocycles. The highest BCUT2D eigenvalue weighted by atomic mass is 16.7. The Balaban J connectivity index is 0.000000720. The fourth-order valence-electron chi connectivity index (χ4n) is 2.66. The third kappa shape index (κ3) is 7.55. The molecule has 1 aromatic carbocycles. The Morgan fingerprint density at radius 2 is 1.42 bits per heavy atom. The first-order valence-electron chi connectivity index (χ1n) is 11.3. The summed E-state index contributed by atoms with van der Waals surface area (Å²) in [4.78, 5) is 4.26. The zero-order valence-corrected chi connectivity index (χ0v) is 21.0. The van der Waals surface area contributed by atoms with Gasteiger partial charge in [-0.2, -0.15) is 0 Å². The van der Waals surface area contributed by atoms with Gasteiger partial charge < -0.3 is 19.8 Å². The van der Waals surface area contributed by atoms with Gasteiger partial charge in [0.25, 0.3) is 0 Å². The van der Waals surface area contributed by atoms with E-state index in [0.29, 0.717) is 11.6 Å². The third-order valence-corrected chi connectivity index (χ3v) is 5.00. The number of aromatic nitrogens is 1. The number of rotatable bonds is 4. The molecule has 1 aromatic heterocycles. The highest BCUT2D eigenvalue weighted by Crippen LogP contribution is 2.37. The van der Waals surface area contributed by atoms with E-state index in [2.05, 4.69) is 25.8 Å². The fourth-order valence-corrected chi connectivity index (χ4v) is 2.66. The highest BCUT2D eigenvalue weighted by Gasteiger charge is 2.52. The van der Waals surface area contributed by atoms with Crippen molar-refractivity contribution in [3.05, 3.63) is 48.2 Å². The zero-order valence-electron chi connectivity index (χ0n) is 21.0. The van der Waals surface area contributed by atoms with Crippen LogP contribution in [0, 0.1) is 5.92 Å². The first-order valence-corrected chi connectivity index (χ1v) is 11.3. The van der Waals surface area contributed by atoms with E-state index in [-0.39, 0.29) is 6.10 Å². The van der Waals surface area contributed by atoms with E-state index in [4.69, 9.17) is 19.8 Å². The summed E-state index contributed by atoms with van der Waals surface area (Å²) in [5, 5.41) is 0. The molecule has 0 bridgehead atoms. The first-order chi connectivity index (χ1) is 14.4. The van der Waals surface area contributed by atoms with Crippen molar-refractivity contribution in [2.45, 2.75) is 86.5 Å². The van der Waals surface area contributed by atoms with Gasteiger partial charge in [-0.3, -0.25) is 0 Å². The van der Waals surface area contributed by atoms with E-state index >= 15 is 0 Å². The van der Waals surface area contributed by atoms with E-state index in [9.17, 15) is 0 Å². The third-order valence-electron chi connectivity index (χ3n) is 5.00. The van der Waals surface area contributed by atoms with E-state index < -0.39 is 18.3 Å². The summed E-state index contributed by atoms with van der Waals surface area (Å²) < 4.78 is 18.2. The van der Waals surface area contributed by atoms with Crippen molar-refractivity contribution in [1.29, 1.82) is 0 Å². The Kier molecular flexibility index (Phi) is 10.0. The van der Waals surface area contributed by atoms with Crippen LogP contribution in [-0.4, -0.2) is 23.3 Å². The van der Waals surface area contributed by atoms with Crippen LogP contribution in [0.4, 0.5) is 5.82 Å². The molecule has 1 saturated heterocycles. The van der Waals surface area contributed by atoms with Gasteiger partial charge in [-0.1, -0.05) is 65.0 Å². The standard InChI is InChI=1S/C19H25BN2O3.C4H10.C2H6/c1-13(14-9-7-6-8-10-14)23-16-11-15(12-22-17(16)21)20-24-18(2,3)19(4,5)25-20;1-4(2)3;1-2/h6-13H,1-5H3,(H2,21,22);4H,1-3H3;1-2H3.